The van der Waals surface area contributed by atoms with E-state index in [-0.39, 0.29) is 6.61 Å². The number of aliphatic hydroxyl groups excluding tert-OH is 1. The highest BCUT2D eigenvalue weighted by atomic mass is 32.1. The third kappa shape index (κ3) is 4.45. The fourth-order valence-corrected chi connectivity index (χ4v) is 2.46. The van der Waals surface area contributed by atoms with Crippen molar-refractivity contribution in [3.8, 4) is 0 Å². The quantitative estimate of drug-likeness (QED) is 0.793. The molecular formula is C14H21N3OS. The third-order valence-corrected chi connectivity index (χ3v) is 3.76. The molecule has 1 aliphatic heterocycles. The molecule has 5 heteroatoms. The standard InChI is InChI=1S/C14H21N3OS/c18-11-10-16-6-8-17(9-7-16)14(19)15-12-13-4-2-1-3-5-13/h1-5,18H,6-12H2,(H,15,19). The number of benzene rings is 1. The van der Waals surface area contributed by atoms with E-state index in [1.807, 2.05) is 18.2 Å². The SMILES string of the molecule is OCCN1CCN(C(=S)NCc2ccccc2)CC1. The van der Waals surface area contributed by atoms with E-state index in [2.05, 4.69) is 27.2 Å². The van der Waals surface area contributed by atoms with Gasteiger partial charge in [-0.15, -0.1) is 0 Å². The molecule has 0 amide bonds. The predicted molar refractivity (Wildman–Crippen MR) is 81.0 cm³/mol. The van der Waals surface area contributed by atoms with E-state index in [0.29, 0.717) is 0 Å². The topological polar surface area (TPSA) is 38.7 Å². The average Bonchev–Trinajstić information content (AvgIpc) is 2.47. The van der Waals surface area contributed by atoms with Gasteiger partial charge >= 0.3 is 0 Å². The summed E-state index contributed by atoms with van der Waals surface area (Å²) >= 11 is 5.42. The highest BCUT2D eigenvalue weighted by Gasteiger charge is 2.17. The molecule has 4 nitrogen and oxygen atoms in total. The van der Waals surface area contributed by atoms with Crippen molar-refractivity contribution in [3.05, 3.63) is 35.9 Å². The first kappa shape index (κ1) is 14.2. The van der Waals surface area contributed by atoms with E-state index in [9.17, 15) is 0 Å². The van der Waals surface area contributed by atoms with Gasteiger partial charge in [-0.25, -0.2) is 0 Å². The molecular weight excluding hydrogens is 258 g/mol. The summed E-state index contributed by atoms with van der Waals surface area (Å²) in [7, 11) is 0. The molecule has 104 valence electrons. The maximum Gasteiger partial charge on any atom is 0.169 e. The first-order valence-corrected chi connectivity index (χ1v) is 7.10. The van der Waals surface area contributed by atoms with Crippen LogP contribution in [0, 0.1) is 0 Å². The minimum atomic E-state index is 0.233. The van der Waals surface area contributed by atoms with Crippen LogP contribution >= 0.6 is 12.2 Å². The highest BCUT2D eigenvalue weighted by molar-refractivity contribution is 7.80. The fourth-order valence-electron chi connectivity index (χ4n) is 2.20. The molecule has 0 saturated carbocycles. The number of piperazine rings is 1. The second-order valence-corrected chi connectivity index (χ2v) is 5.08. The van der Waals surface area contributed by atoms with E-state index in [1.165, 1.54) is 5.56 Å². The summed E-state index contributed by atoms with van der Waals surface area (Å²) in [5, 5.41) is 13.0. The van der Waals surface area contributed by atoms with Crippen molar-refractivity contribution in [2.24, 2.45) is 0 Å². The Bertz CT molecular complexity index is 391. The average molecular weight is 279 g/mol. The normalized spacial score (nSPS) is 16.4. The molecule has 0 radical (unpaired) electrons. The lowest BCUT2D eigenvalue weighted by Crippen LogP contribution is -2.51. The second kappa shape index (κ2) is 7.43. The van der Waals surface area contributed by atoms with Crippen molar-refractivity contribution >= 4 is 17.3 Å². The van der Waals surface area contributed by atoms with Crippen LogP contribution in [0.3, 0.4) is 0 Å². The molecule has 1 fully saturated rings. The van der Waals surface area contributed by atoms with Crippen molar-refractivity contribution in [2.45, 2.75) is 6.54 Å². The zero-order valence-corrected chi connectivity index (χ0v) is 11.9. The van der Waals surface area contributed by atoms with Gasteiger partial charge in [-0.2, -0.15) is 0 Å². The number of hydrogen-bond acceptors (Lipinski definition) is 3. The number of nitrogens with zero attached hydrogens (tertiary/aromatic N) is 2. The minimum absolute atomic E-state index is 0.233. The van der Waals surface area contributed by atoms with E-state index >= 15 is 0 Å². The number of β-amino-alcohol motifs (C(OH)–C–C–N with tert-alkyl or cyclic N) is 1. The van der Waals surface area contributed by atoms with Gasteiger partial charge in [0.05, 0.1) is 6.61 Å². The van der Waals surface area contributed by atoms with Gasteiger partial charge in [-0.1, -0.05) is 30.3 Å². The van der Waals surface area contributed by atoms with Crippen LogP contribution in [0.2, 0.25) is 0 Å². The molecule has 2 N–H and O–H groups in total. The molecule has 1 heterocycles. The van der Waals surface area contributed by atoms with Crippen LogP contribution in [0.1, 0.15) is 5.56 Å². The van der Waals surface area contributed by atoms with E-state index < -0.39 is 0 Å². The lowest BCUT2D eigenvalue weighted by atomic mass is 10.2. The molecule has 1 saturated heterocycles. The van der Waals surface area contributed by atoms with Gasteiger partial charge < -0.3 is 15.3 Å². The van der Waals surface area contributed by atoms with Crippen molar-refractivity contribution in [1.29, 1.82) is 0 Å². The minimum Gasteiger partial charge on any atom is -0.395 e. The number of aliphatic hydroxyl groups is 1. The van der Waals surface area contributed by atoms with Crippen LogP contribution in [0.5, 0.6) is 0 Å². The summed E-state index contributed by atoms with van der Waals surface area (Å²) in [6, 6.07) is 10.3. The Morgan fingerprint density at radius 1 is 1.16 bits per heavy atom. The Hall–Kier alpha value is -1.17. The molecule has 0 spiro atoms. The van der Waals surface area contributed by atoms with Gasteiger partial charge in [0.15, 0.2) is 5.11 Å². The summed E-state index contributed by atoms with van der Waals surface area (Å²) in [5.41, 5.74) is 1.24. The summed E-state index contributed by atoms with van der Waals surface area (Å²) in [6.45, 7) is 5.56. The lowest BCUT2D eigenvalue weighted by molar-refractivity contribution is 0.146. The fraction of sp³-hybridized carbons (Fsp3) is 0.500. The first-order chi connectivity index (χ1) is 9.29. The molecule has 0 atom stereocenters. The lowest BCUT2D eigenvalue weighted by Gasteiger charge is -2.35. The molecule has 0 aliphatic carbocycles. The van der Waals surface area contributed by atoms with Gasteiger partial charge in [-0.05, 0) is 17.8 Å². The smallest absolute Gasteiger partial charge is 0.169 e. The molecule has 0 unspecified atom stereocenters. The first-order valence-electron chi connectivity index (χ1n) is 6.69. The Balaban J connectivity index is 1.73. The zero-order chi connectivity index (χ0) is 13.5. The van der Waals surface area contributed by atoms with Crippen LogP contribution < -0.4 is 5.32 Å². The monoisotopic (exact) mass is 279 g/mol. The molecule has 2 rings (SSSR count). The largest absolute Gasteiger partial charge is 0.395 e. The van der Waals surface area contributed by atoms with E-state index in [4.69, 9.17) is 17.3 Å². The van der Waals surface area contributed by atoms with E-state index in [0.717, 1.165) is 44.4 Å². The second-order valence-electron chi connectivity index (χ2n) is 4.70. The molecule has 1 aromatic carbocycles. The number of hydrogen-bond donors (Lipinski definition) is 2. The van der Waals surface area contributed by atoms with Gasteiger partial charge in [0.1, 0.15) is 0 Å². The number of rotatable bonds is 4. The molecule has 0 bridgehead atoms. The molecule has 1 aromatic rings. The molecule has 0 aromatic heterocycles. The Morgan fingerprint density at radius 2 is 1.84 bits per heavy atom. The highest BCUT2D eigenvalue weighted by Crippen LogP contribution is 2.03. The maximum atomic E-state index is 8.91. The third-order valence-electron chi connectivity index (χ3n) is 3.36. The molecule has 19 heavy (non-hydrogen) atoms. The van der Waals surface area contributed by atoms with Gasteiger partial charge in [-0.3, -0.25) is 4.90 Å². The Kier molecular flexibility index (Phi) is 5.57. The number of thiocarbonyl (C=S) groups is 1. The van der Waals surface area contributed by atoms with Gasteiger partial charge in [0.2, 0.25) is 0 Å². The zero-order valence-electron chi connectivity index (χ0n) is 11.1. The summed E-state index contributed by atoms with van der Waals surface area (Å²) in [6.07, 6.45) is 0. The Labute approximate surface area is 120 Å². The van der Waals surface area contributed by atoms with Gasteiger partial charge in [0, 0.05) is 39.3 Å². The van der Waals surface area contributed by atoms with Crippen LogP contribution in [0.4, 0.5) is 0 Å². The Morgan fingerprint density at radius 3 is 2.47 bits per heavy atom. The van der Waals surface area contributed by atoms with E-state index in [1.54, 1.807) is 0 Å². The van der Waals surface area contributed by atoms with Crippen LogP contribution in [0.15, 0.2) is 30.3 Å². The van der Waals surface area contributed by atoms with Crippen molar-refractivity contribution in [3.63, 3.8) is 0 Å². The van der Waals surface area contributed by atoms with Crippen molar-refractivity contribution < 1.29 is 5.11 Å². The number of nitrogens with one attached hydrogen (secondary N) is 1. The predicted octanol–water partition coefficient (Wildman–Crippen LogP) is 0.671. The summed E-state index contributed by atoms with van der Waals surface area (Å²) < 4.78 is 0. The maximum absolute atomic E-state index is 8.91. The van der Waals surface area contributed by atoms with Crippen molar-refractivity contribution in [1.82, 2.24) is 15.1 Å². The van der Waals surface area contributed by atoms with Crippen LogP contribution in [-0.4, -0.2) is 59.3 Å². The van der Waals surface area contributed by atoms with Crippen molar-refractivity contribution in [2.75, 3.05) is 39.3 Å². The van der Waals surface area contributed by atoms with Crippen LogP contribution in [0.25, 0.3) is 0 Å². The molecule has 1 aliphatic rings. The van der Waals surface area contributed by atoms with Crippen LogP contribution in [-0.2, 0) is 6.54 Å². The van der Waals surface area contributed by atoms with Gasteiger partial charge in [0.25, 0.3) is 0 Å². The summed E-state index contributed by atoms with van der Waals surface area (Å²) in [4.78, 5) is 4.46. The summed E-state index contributed by atoms with van der Waals surface area (Å²) in [5.74, 6) is 0.